The van der Waals surface area contributed by atoms with Crippen LogP contribution in [-0.4, -0.2) is 21.7 Å². The largest absolute Gasteiger partial charge is 0.496 e. The number of allylic oxidation sites excluding steroid dienone is 1. The molecular weight excluding hydrogens is 382 g/mol. The minimum atomic E-state index is -0.194. The number of para-hydroxylation sites is 1. The zero-order valence-electron chi connectivity index (χ0n) is 14.3. The van der Waals surface area contributed by atoms with Gasteiger partial charge in [0.2, 0.25) is 4.96 Å². The van der Waals surface area contributed by atoms with Crippen LogP contribution in [0.1, 0.15) is 5.56 Å². The number of ether oxygens (including phenoxy) is 1. The van der Waals surface area contributed by atoms with E-state index >= 15 is 0 Å². The van der Waals surface area contributed by atoms with Crippen molar-refractivity contribution in [3.63, 3.8) is 0 Å². The Bertz CT molecular complexity index is 1260. The van der Waals surface area contributed by atoms with E-state index in [1.165, 1.54) is 15.9 Å². The summed E-state index contributed by atoms with van der Waals surface area (Å²) in [5, 5.41) is 4.92. The minimum absolute atomic E-state index is 0.194. The van der Waals surface area contributed by atoms with Crippen LogP contribution >= 0.6 is 22.9 Å². The van der Waals surface area contributed by atoms with Crippen molar-refractivity contribution in [3.05, 3.63) is 80.1 Å². The molecule has 0 atom stereocenters. The molecule has 2 aromatic heterocycles. The first kappa shape index (κ1) is 17.5. The Morgan fingerprint density at radius 3 is 2.81 bits per heavy atom. The molecule has 0 saturated carbocycles. The van der Waals surface area contributed by atoms with Crippen molar-refractivity contribution in [1.82, 2.24) is 14.6 Å². The molecule has 7 heteroatoms. The van der Waals surface area contributed by atoms with Crippen LogP contribution in [0.3, 0.4) is 0 Å². The maximum Gasteiger partial charge on any atom is 0.291 e. The van der Waals surface area contributed by atoms with Gasteiger partial charge in [-0.15, -0.1) is 5.10 Å². The second-order valence-electron chi connectivity index (χ2n) is 5.68. The third kappa shape index (κ3) is 3.49. The van der Waals surface area contributed by atoms with Gasteiger partial charge in [0.1, 0.15) is 5.75 Å². The van der Waals surface area contributed by atoms with Gasteiger partial charge in [-0.2, -0.15) is 9.50 Å². The number of aromatic nitrogens is 3. The van der Waals surface area contributed by atoms with Gasteiger partial charge >= 0.3 is 0 Å². The number of methoxy groups -OCH3 is 1. The number of fused-ring (bicyclic) bond motifs is 1. The highest BCUT2D eigenvalue weighted by atomic mass is 35.5. The van der Waals surface area contributed by atoms with Crippen LogP contribution in [0.5, 0.6) is 5.75 Å². The predicted octanol–water partition coefficient (Wildman–Crippen LogP) is 3.69. The number of hydrogen-bond donors (Lipinski definition) is 0. The summed E-state index contributed by atoms with van der Waals surface area (Å²) in [7, 11) is 1.63. The van der Waals surface area contributed by atoms with E-state index in [2.05, 4.69) is 10.1 Å². The van der Waals surface area contributed by atoms with Crippen LogP contribution < -0.4 is 14.8 Å². The Balaban J connectivity index is 1.68. The summed E-state index contributed by atoms with van der Waals surface area (Å²) >= 11 is 7.30. The number of nitrogens with zero attached hydrogens (tertiary/aromatic N) is 3. The summed E-state index contributed by atoms with van der Waals surface area (Å²) in [6.45, 7) is 0. The molecule has 0 spiro atoms. The van der Waals surface area contributed by atoms with Crippen molar-refractivity contribution in [1.29, 1.82) is 0 Å². The standard InChI is InChI=1S/C20H14ClN3O2S/c1-26-16-10-3-2-6-13(16)7-5-11-17-19(25)24-20(27-17)22-18(23-24)14-8-4-9-15(21)12-14/h2-12H,1H3. The normalized spacial score (nSPS) is 12.3. The van der Waals surface area contributed by atoms with E-state index in [-0.39, 0.29) is 5.56 Å². The smallest absolute Gasteiger partial charge is 0.291 e. The lowest BCUT2D eigenvalue weighted by atomic mass is 10.2. The minimum Gasteiger partial charge on any atom is -0.496 e. The zero-order chi connectivity index (χ0) is 18.8. The van der Waals surface area contributed by atoms with E-state index < -0.39 is 0 Å². The fourth-order valence-electron chi connectivity index (χ4n) is 2.64. The van der Waals surface area contributed by atoms with Gasteiger partial charge < -0.3 is 4.74 Å². The third-order valence-electron chi connectivity index (χ3n) is 3.93. The number of rotatable bonds is 4. The molecule has 0 aliphatic rings. The van der Waals surface area contributed by atoms with Crippen LogP contribution in [0.25, 0.3) is 28.5 Å². The summed E-state index contributed by atoms with van der Waals surface area (Å²) in [5.41, 5.74) is 1.52. The molecular formula is C20H14ClN3O2S. The zero-order valence-corrected chi connectivity index (χ0v) is 15.9. The van der Waals surface area contributed by atoms with Gasteiger partial charge in [0.15, 0.2) is 5.82 Å². The molecule has 0 bridgehead atoms. The summed E-state index contributed by atoms with van der Waals surface area (Å²) in [5.74, 6) is 1.26. The van der Waals surface area contributed by atoms with E-state index in [0.29, 0.717) is 20.3 Å². The Morgan fingerprint density at radius 1 is 1.19 bits per heavy atom. The monoisotopic (exact) mass is 395 g/mol. The van der Waals surface area contributed by atoms with Crippen molar-refractivity contribution >= 4 is 40.1 Å². The lowest BCUT2D eigenvalue weighted by Gasteiger charge is -2.02. The van der Waals surface area contributed by atoms with Gasteiger partial charge in [-0.25, -0.2) is 0 Å². The molecule has 134 valence electrons. The van der Waals surface area contributed by atoms with Gasteiger partial charge in [0.25, 0.3) is 5.56 Å². The van der Waals surface area contributed by atoms with E-state index in [1.807, 2.05) is 48.6 Å². The summed E-state index contributed by atoms with van der Waals surface area (Å²) in [6, 6.07) is 14.9. The molecule has 2 aromatic carbocycles. The molecule has 27 heavy (non-hydrogen) atoms. The molecule has 0 aliphatic heterocycles. The molecule has 2 heterocycles. The Kier molecular flexibility index (Phi) is 4.75. The van der Waals surface area contributed by atoms with Crippen LogP contribution in [-0.2, 0) is 0 Å². The fraction of sp³-hybridized carbons (Fsp3) is 0.0500. The van der Waals surface area contributed by atoms with Crippen molar-refractivity contribution in [2.75, 3.05) is 7.11 Å². The van der Waals surface area contributed by atoms with E-state index in [0.717, 1.165) is 16.9 Å². The Morgan fingerprint density at radius 2 is 2.04 bits per heavy atom. The number of thiazole rings is 1. The van der Waals surface area contributed by atoms with Gasteiger partial charge in [0, 0.05) is 16.1 Å². The Hall–Kier alpha value is -2.96. The molecule has 0 unspecified atom stereocenters. The number of hydrogen-bond acceptors (Lipinski definition) is 5. The molecule has 0 saturated heterocycles. The second-order valence-corrected chi connectivity index (χ2v) is 7.12. The quantitative estimate of drug-likeness (QED) is 0.528. The molecule has 5 nitrogen and oxygen atoms in total. The molecule has 0 amide bonds. The summed E-state index contributed by atoms with van der Waals surface area (Å²) in [4.78, 5) is 17.6. The maximum absolute atomic E-state index is 12.6. The number of benzene rings is 2. The summed E-state index contributed by atoms with van der Waals surface area (Å²) in [6.07, 6.45) is 5.48. The first-order chi connectivity index (χ1) is 13.2. The highest BCUT2D eigenvalue weighted by Crippen LogP contribution is 2.20. The summed E-state index contributed by atoms with van der Waals surface area (Å²) < 4.78 is 7.20. The maximum atomic E-state index is 12.6. The number of halogens is 1. The Labute approximate surface area is 163 Å². The van der Waals surface area contributed by atoms with Crippen molar-refractivity contribution in [2.24, 2.45) is 0 Å². The van der Waals surface area contributed by atoms with Crippen molar-refractivity contribution in [3.8, 4) is 17.1 Å². The highest BCUT2D eigenvalue weighted by Gasteiger charge is 2.11. The molecule has 0 radical (unpaired) electrons. The predicted molar refractivity (Wildman–Crippen MR) is 109 cm³/mol. The average Bonchev–Trinajstić information content (AvgIpc) is 3.22. The fourth-order valence-corrected chi connectivity index (χ4v) is 3.69. The van der Waals surface area contributed by atoms with Crippen LogP contribution in [0.15, 0.2) is 59.4 Å². The van der Waals surface area contributed by atoms with Crippen LogP contribution in [0.4, 0.5) is 0 Å². The molecule has 0 fully saturated rings. The van der Waals surface area contributed by atoms with E-state index in [4.69, 9.17) is 16.3 Å². The van der Waals surface area contributed by atoms with Crippen molar-refractivity contribution < 1.29 is 4.74 Å². The SMILES string of the molecule is COc1ccccc1C=CC=c1sc2nc(-c3cccc(Cl)c3)nn2c1=O. The van der Waals surface area contributed by atoms with Gasteiger partial charge in [-0.3, -0.25) is 4.79 Å². The van der Waals surface area contributed by atoms with Crippen LogP contribution in [0.2, 0.25) is 5.02 Å². The first-order valence-corrected chi connectivity index (χ1v) is 9.32. The third-order valence-corrected chi connectivity index (χ3v) is 5.14. The first-order valence-electron chi connectivity index (χ1n) is 8.12. The molecule has 4 aromatic rings. The lowest BCUT2D eigenvalue weighted by molar-refractivity contribution is 0.414. The van der Waals surface area contributed by atoms with Gasteiger partial charge in [0.05, 0.1) is 11.6 Å². The van der Waals surface area contributed by atoms with E-state index in [1.54, 1.807) is 25.3 Å². The average molecular weight is 396 g/mol. The lowest BCUT2D eigenvalue weighted by Crippen LogP contribution is -2.23. The van der Waals surface area contributed by atoms with Crippen molar-refractivity contribution in [2.45, 2.75) is 0 Å². The molecule has 0 N–H and O–H groups in total. The van der Waals surface area contributed by atoms with Gasteiger partial charge in [-0.1, -0.05) is 65.4 Å². The van der Waals surface area contributed by atoms with Gasteiger partial charge in [-0.05, 0) is 24.3 Å². The van der Waals surface area contributed by atoms with Crippen LogP contribution in [0, 0.1) is 0 Å². The molecule has 0 aliphatic carbocycles. The second kappa shape index (κ2) is 7.34. The van der Waals surface area contributed by atoms with E-state index in [9.17, 15) is 4.79 Å². The highest BCUT2D eigenvalue weighted by molar-refractivity contribution is 7.15. The molecule has 4 rings (SSSR count). The topological polar surface area (TPSA) is 56.5 Å².